The molecule has 73 heavy (non-hydrogen) atoms. The summed E-state index contributed by atoms with van der Waals surface area (Å²) in [5.41, 5.74) is 4.56. The lowest BCUT2D eigenvalue weighted by molar-refractivity contribution is -0.161. The van der Waals surface area contributed by atoms with Crippen LogP contribution in [0.15, 0.2) is 126 Å². The zero-order chi connectivity index (χ0) is 53.6. The number of aliphatic hydroxyl groups is 3. The van der Waals surface area contributed by atoms with Crippen LogP contribution in [0.2, 0.25) is 0 Å². The van der Waals surface area contributed by atoms with Crippen LogP contribution in [0.1, 0.15) is 129 Å². The van der Waals surface area contributed by atoms with Gasteiger partial charge in [-0.15, -0.1) is 0 Å². The average molecular weight is 1060 g/mol. The number of carbonyl (C=O) groups excluding carboxylic acids is 2. The van der Waals surface area contributed by atoms with Gasteiger partial charge in [0, 0.05) is 19.0 Å². The molecule has 2 heterocycles. The Balaban J connectivity index is 1.89. The monoisotopic (exact) mass is 1060 g/mol. The van der Waals surface area contributed by atoms with Crippen molar-refractivity contribution in [1.29, 1.82) is 0 Å². The molecule has 1 aliphatic heterocycles. The fourth-order valence-electron chi connectivity index (χ4n) is 6.61. The van der Waals surface area contributed by atoms with Gasteiger partial charge in [-0.2, -0.15) is 9.29 Å². The molecule has 8 atom stereocenters. The van der Waals surface area contributed by atoms with E-state index in [1.54, 1.807) is 12.2 Å². The summed E-state index contributed by atoms with van der Waals surface area (Å²) in [7, 11) is -11.0. The molecule has 0 aliphatic carbocycles. The van der Waals surface area contributed by atoms with Gasteiger partial charge in [0.1, 0.15) is 30.7 Å². The summed E-state index contributed by atoms with van der Waals surface area (Å²) >= 11 is 0. The molecule has 3 unspecified atom stereocenters. The van der Waals surface area contributed by atoms with E-state index < -0.39 is 89.8 Å². The molecule has 19 nitrogen and oxygen atoms in total. The summed E-state index contributed by atoms with van der Waals surface area (Å²) in [5.74, 6) is -1.63. The fraction of sp³-hybridized carbons (Fsp3) is 0.538. The van der Waals surface area contributed by atoms with Crippen LogP contribution in [-0.2, 0) is 46.3 Å². The quantitative estimate of drug-likeness (QED) is 0.0118. The van der Waals surface area contributed by atoms with Gasteiger partial charge in [0.15, 0.2) is 12.3 Å². The lowest BCUT2D eigenvalue weighted by Crippen LogP contribution is -2.36. The second-order valence-electron chi connectivity index (χ2n) is 16.7. The standard InChI is InChI=1S/C52H79N3O16P2/c1-3-5-7-9-11-13-15-17-19-21-22-24-26-28-30-32-34-43(56)36-37-48(58)69-44(40-66-47(57)35-33-31-29-27-25-23-20-18-16-14-12-10-8-6-4-2)41-67-72(62,63)71-73(64,65)68-42-45-49(59)50(60)51(70-45)55-39-38-46(53)54-52(55)61/h5-8,11-14,17-20,22,24,28,30,32,34,38-39,43-45,49-51,56,59-60H,3-4,9-10,15-16,21,23,25-27,29,31,33,35-37,40-42H2,1-2H3,(H,62,63)(H,64,65)(H2,53,54,61)/b7-5-,8-6-,13-11-,14-12-,19-17-,20-18-,24-22-,30-28-,34-32-/t43?,44-,45-,49-,50-,51-/m1/s1. The maximum absolute atomic E-state index is 12.9. The number of anilines is 1. The van der Waals surface area contributed by atoms with Crippen molar-refractivity contribution < 1.29 is 71.4 Å². The van der Waals surface area contributed by atoms with Crippen molar-refractivity contribution in [2.24, 2.45) is 0 Å². The number of phosphoric ester groups is 2. The molecule has 1 fully saturated rings. The maximum atomic E-state index is 12.9. The smallest absolute Gasteiger partial charge is 0.462 e. The third kappa shape index (κ3) is 31.7. The molecule has 0 radical (unpaired) electrons. The molecule has 7 N–H and O–H groups in total. The number of nitrogens with two attached hydrogens (primary N) is 1. The van der Waals surface area contributed by atoms with Crippen LogP contribution in [0.5, 0.6) is 0 Å². The van der Waals surface area contributed by atoms with E-state index in [4.69, 9.17) is 29.0 Å². The van der Waals surface area contributed by atoms with Crippen molar-refractivity contribution >= 4 is 33.4 Å². The number of aliphatic hydroxyl groups excluding tert-OH is 3. The number of esters is 2. The number of nitrogens with zero attached hydrogens (tertiary/aromatic N) is 2. The number of carbonyl (C=O) groups is 2. The van der Waals surface area contributed by atoms with E-state index in [0.717, 1.165) is 87.8 Å². The molecule has 1 aromatic rings. The number of aromatic nitrogens is 2. The first kappa shape index (κ1) is 64.5. The van der Waals surface area contributed by atoms with E-state index in [2.05, 4.69) is 102 Å². The van der Waals surface area contributed by atoms with Gasteiger partial charge in [0.05, 0.1) is 19.3 Å². The highest BCUT2D eigenvalue weighted by atomic mass is 31.3. The first-order chi connectivity index (χ1) is 35.1. The van der Waals surface area contributed by atoms with Gasteiger partial charge in [0.2, 0.25) is 0 Å². The molecular weight excluding hydrogens is 985 g/mol. The summed E-state index contributed by atoms with van der Waals surface area (Å²) in [6, 6.07) is 1.23. The number of hydrogen-bond donors (Lipinski definition) is 6. The molecule has 0 saturated carbocycles. The molecule has 0 amide bonds. The Hall–Kier alpha value is -4.62. The Morgan fingerprint density at radius 2 is 1.27 bits per heavy atom. The number of rotatable bonds is 39. The number of phosphoric acid groups is 2. The van der Waals surface area contributed by atoms with Crippen molar-refractivity contribution in [2.45, 2.75) is 160 Å². The van der Waals surface area contributed by atoms with Crippen LogP contribution in [0, 0.1) is 0 Å². The summed E-state index contributed by atoms with van der Waals surface area (Å²) in [6.45, 7) is 1.66. The fourth-order valence-corrected chi connectivity index (χ4v) is 8.72. The van der Waals surface area contributed by atoms with Crippen LogP contribution in [0.4, 0.5) is 5.82 Å². The molecule has 21 heteroatoms. The SMILES string of the molecule is CC/C=C\C/C=C\C/C=C\C/C=C\C/C=C\C=C/C(O)CCC(=O)O[C@H](COC(=O)CCCCCCC/C=C\C/C=C\C/C=C\CC)COP(=O)(O)OP(=O)(O)OC[C@H]1O[C@@H](n2ccc(N)nc2=O)[C@H](O)[C@@H]1O. The molecule has 0 aromatic carbocycles. The third-order valence-electron chi connectivity index (χ3n) is 10.5. The maximum Gasteiger partial charge on any atom is 0.481 e. The second kappa shape index (κ2) is 38.9. The van der Waals surface area contributed by atoms with Gasteiger partial charge in [-0.3, -0.25) is 23.2 Å². The van der Waals surface area contributed by atoms with Crippen molar-refractivity contribution in [1.82, 2.24) is 9.55 Å². The van der Waals surface area contributed by atoms with E-state index in [1.165, 1.54) is 12.1 Å². The normalized spacial score (nSPS) is 20.3. The van der Waals surface area contributed by atoms with Gasteiger partial charge in [-0.1, -0.05) is 142 Å². The van der Waals surface area contributed by atoms with Crippen LogP contribution >= 0.6 is 15.6 Å². The lowest BCUT2D eigenvalue weighted by Gasteiger charge is -2.21. The Morgan fingerprint density at radius 3 is 1.88 bits per heavy atom. The van der Waals surface area contributed by atoms with Crippen LogP contribution in [-0.4, -0.2) is 96.9 Å². The average Bonchev–Trinajstić information content (AvgIpc) is 3.63. The first-order valence-corrected chi connectivity index (χ1v) is 28.0. The minimum Gasteiger partial charge on any atom is -0.462 e. The Kier molecular flexibility index (Phi) is 34.4. The Bertz CT molecular complexity index is 2170. The molecule has 1 saturated heterocycles. The van der Waals surface area contributed by atoms with Crippen molar-refractivity contribution in [3.8, 4) is 0 Å². The van der Waals surface area contributed by atoms with E-state index in [-0.39, 0.29) is 25.1 Å². The van der Waals surface area contributed by atoms with E-state index in [1.807, 2.05) is 12.2 Å². The number of unbranched alkanes of at least 4 members (excludes halogenated alkanes) is 5. The summed E-state index contributed by atoms with van der Waals surface area (Å²) < 4.78 is 56.5. The molecule has 408 valence electrons. The molecule has 1 aromatic heterocycles. The van der Waals surface area contributed by atoms with Gasteiger partial charge in [-0.05, 0) is 83.1 Å². The lowest BCUT2D eigenvalue weighted by atomic mass is 10.1. The predicted molar refractivity (Wildman–Crippen MR) is 280 cm³/mol. The minimum absolute atomic E-state index is 0.0506. The van der Waals surface area contributed by atoms with Crippen LogP contribution in [0.25, 0.3) is 0 Å². The molecule has 0 spiro atoms. The van der Waals surface area contributed by atoms with E-state index >= 15 is 0 Å². The van der Waals surface area contributed by atoms with Crippen molar-refractivity contribution in [3.05, 3.63) is 132 Å². The Labute approximate surface area is 430 Å². The highest BCUT2D eigenvalue weighted by Gasteiger charge is 2.46. The topological polar surface area (TPSA) is 286 Å². The van der Waals surface area contributed by atoms with Gasteiger partial charge in [-0.25, -0.2) is 13.9 Å². The third-order valence-corrected chi connectivity index (χ3v) is 13.1. The van der Waals surface area contributed by atoms with Gasteiger partial charge >= 0.3 is 33.3 Å². The molecule has 2 rings (SSSR count). The zero-order valence-electron chi connectivity index (χ0n) is 42.2. The van der Waals surface area contributed by atoms with E-state index in [0.29, 0.717) is 12.8 Å². The predicted octanol–water partition coefficient (Wildman–Crippen LogP) is 9.19. The number of allylic oxidation sites excluding steroid dienone is 17. The Morgan fingerprint density at radius 1 is 0.726 bits per heavy atom. The second-order valence-corrected chi connectivity index (χ2v) is 19.8. The summed E-state index contributed by atoms with van der Waals surface area (Å²) in [5, 5.41) is 31.3. The first-order valence-electron chi connectivity index (χ1n) is 25.0. The minimum atomic E-state index is -5.50. The molecule has 1 aliphatic rings. The van der Waals surface area contributed by atoms with Gasteiger partial charge in [0.25, 0.3) is 0 Å². The highest BCUT2D eigenvalue weighted by molar-refractivity contribution is 7.61. The zero-order valence-corrected chi connectivity index (χ0v) is 44.0. The number of hydrogen-bond acceptors (Lipinski definition) is 16. The van der Waals surface area contributed by atoms with Gasteiger partial charge < -0.3 is 45.1 Å². The van der Waals surface area contributed by atoms with Crippen LogP contribution < -0.4 is 11.4 Å². The highest BCUT2D eigenvalue weighted by Crippen LogP contribution is 2.60. The summed E-state index contributed by atoms with van der Waals surface area (Å²) in [4.78, 5) is 61.9. The van der Waals surface area contributed by atoms with Crippen molar-refractivity contribution in [2.75, 3.05) is 25.6 Å². The van der Waals surface area contributed by atoms with Crippen LogP contribution in [0.3, 0.4) is 0 Å². The number of nitrogen functional groups attached to an aromatic ring is 1. The van der Waals surface area contributed by atoms with E-state index in [9.17, 15) is 48.6 Å². The summed E-state index contributed by atoms with van der Waals surface area (Å²) in [6.07, 6.45) is 40.7. The van der Waals surface area contributed by atoms with Crippen molar-refractivity contribution in [3.63, 3.8) is 0 Å². The number of ether oxygens (including phenoxy) is 3. The molecule has 0 bridgehead atoms. The largest absolute Gasteiger partial charge is 0.481 e. The molecular formula is C52H79N3O16P2.